The van der Waals surface area contributed by atoms with Gasteiger partial charge in [0.05, 0.1) is 6.10 Å². The summed E-state index contributed by atoms with van der Waals surface area (Å²) in [4.78, 5) is 0. The van der Waals surface area contributed by atoms with E-state index in [1.165, 1.54) is 18.4 Å². The van der Waals surface area contributed by atoms with Gasteiger partial charge in [0.25, 0.3) is 0 Å². The molecule has 0 unspecified atom stereocenters. The SMILES string of the molecule is C=CC[C@H](O)c1ccc(CCCC)cc1. The molecule has 1 rings (SSSR count). The summed E-state index contributed by atoms with van der Waals surface area (Å²) >= 11 is 0. The zero-order chi connectivity index (χ0) is 11.1. The van der Waals surface area contributed by atoms with Crippen LogP contribution >= 0.6 is 0 Å². The van der Waals surface area contributed by atoms with Gasteiger partial charge < -0.3 is 5.11 Å². The third-order valence-electron chi connectivity index (χ3n) is 2.57. The van der Waals surface area contributed by atoms with Crippen molar-refractivity contribution in [3.8, 4) is 0 Å². The fourth-order valence-corrected chi connectivity index (χ4v) is 1.58. The van der Waals surface area contributed by atoms with Crippen molar-refractivity contribution in [1.29, 1.82) is 0 Å². The summed E-state index contributed by atoms with van der Waals surface area (Å²) in [7, 11) is 0. The summed E-state index contributed by atoms with van der Waals surface area (Å²) in [5, 5.41) is 9.72. The minimum atomic E-state index is -0.400. The second kappa shape index (κ2) is 6.41. The maximum atomic E-state index is 9.72. The van der Waals surface area contributed by atoms with Crippen molar-refractivity contribution in [2.45, 2.75) is 38.7 Å². The average molecular weight is 204 g/mol. The van der Waals surface area contributed by atoms with Gasteiger partial charge in [-0.3, -0.25) is 0 Å². The van der Waals surface area contributed by atoms with Crippen molar-refractivity contribution in [2.75, 3.05) is 0 Å². The zero-order valence-corrected chi connectivity index (χ0v) is 9.45. The fraction of sp³-hybridized carbons (Fsp3) is 0.429. The van der Waals surface area contributed by atoms with Crippen LogP contribution in [0.3, 0.4) is 0 Å². The van der Waals surface area contributed by atoms with Crippen LogP contribution in [0.4, 0.5) is 0 Å². The zero-order valence-electron chi connectivity index (χ0n) is 9.45. The number of hydrogen-bond donors (Lipinski definition) is 1. The molecule has 82 valence electrons. The van der Waals surface area contributed by atoms with E-state index in [9.17, 15) is 5.11 Å². The molecule has 0 aliphatic rings. The van der Waals surface area contributed by atoms with Crippen molar-refractivity contribution in [1.82, 2.24) is 0 Å². The van der Waals surface area contributed by atoms with Crippen molar-refractivity contribution in [3.63, 3.8) is 0 Å². The van der Waals surface area contributed by atoms with E-state index in [-0.39, 0.29) is 0 Å². The lowest BCUT2D eigenvalue weighted by molar-refractivity contribution is 0.181. The number of benzene rings is 1. The average Bonchev–Trinajstić information content (AvgIpc) is 2.27. The third kappa shape index (κ3) is 3.88. The first kappa shape index (κ1) is 12.0. The molecular formula is C14H20O. The normalized spacial score (nSPS) is 12.4. The predicted octanol–water partition coefficient (Wildman–Crippen LogP) is 3.64. The highest BCUT2D eigenvalue weighted by atomic mass is 16.3. The molecule has 0 amide bonds. The molecule has 15 heavy (non-hydrogen) atoms. The highest BCUT2D eigenvalue weighted by molar-refractivity contribution is 5.24. The summed E-state index contributed by atoms with van der Waals surface area (Å²) in [6, 6.07) is 8.24. The Morgan fingerprint density at radius 3 is 2.53 bits per heavy atom. The minimum absolute atomic E-state index is 0.400. The number of aryl methyl sites for hydroxylation is 1. The molecule has 0 radical (unpaired) electrons. The van der Waals surface area contributed by atoms with Crippen molar-refractivity contribution in [3.05, 3.63) is 48.0 Å². The Morgan fingerprint density at radius 2 is 2.00 bits per heavy atom. The van der Waals surface area contributed by atoms with E-state index in [0.29, 0.717) is 6.42 Å². The summed E-state index contributed by atoms with van der Waals surface area (Å²) in [6.45, 7) is 5.82. The number of unbranched alkanes of at least 4 members (excludes halogenated alkanes) is 1. The first-order chi connectivity index (χ1) is 7.27. The second-order valence-electron chi connectivity index (χ2n) is 3.89. The molecule has 1 nitrogen and oxygen atoms in total. The van der Waals surface area contributed by atoms with Gasteiger partial charge in [-0.05, 0) is 30.4 Å². The standard InChI is InChI=1S/C14H20O/c1-3-5-7-12-8-10-13(11-9-12)14(15)6-4-2/h4,8-11,14-15H,2-3,5-7H2,1H3/t14-/m0/s1. The van der Waals surface area contributed by atoms with Gasteiger partial charge in [0.2, 0.25) is 0 Å². The Bertz CT molecular complexity index is 287. The van der Waals surface area contributed by atoms with Crippen LogP contribution in [0, 0.1) is 0 Å². The van der Waals surface area contributed by atoms with Gasteiger partial charge in [-0.2, -0.15) is 0 Å². The molecule has 0 spiro atoms. The molecule has 0 bridgehead atoms. The molecule has 1 atom stereocenters. The van der Waals surface area contributed by atoms with Crippen LogP contribution < -0.4 is 0 Å². The first-order valence-electron chi connectivity index (χ1n) is 5.65. The predicted molar refractivity (Wildman–Crippen MR) is 64.8 cm³/mol. The van der Waals surface area contributed by atoms with Crippen molar-refractivity contribution >= 4 is 0 Å². The lowest BCUT2D eigenvalue weighted by Crippen LogP contribution is -1.95. The van der Waals surface area contributed by atoms with E-state index < -0.39 is 6.10 Å². The third-order valence-corrected chi connectivity index (χ3v) is 2.57. The van der Waals surface area contributed by atoms with Gasteiger partial charge >= 0.3 is 0 Å². The molecule has 0 aromatic heterocycles. The van der Waals surface area contributed by atoms with Crippen LogP contribution in [-0.4, -0.2) is 5.11 Å². The molecule has 0 saturated carbocycles. The molecule has 1 N–H and O–H groups in total. The van der Waals surface area contributed by atoms with E-state index in [4.69, 9.17) is 0 Å². The van der Waals surface area contributed by atoms with Gasteiger partial charge in [0.1, 0.15) is 0 Å². The molecule has 0 fully saturated rings. The van der Waals surface area contributed by atoms with E-state index in [1.807, 2.05) is 12.1 Å². The summed E-state index contributed by atoms with van der Waals surface area (Å²) < 4.78 is 0. The van der Waals surface area contributed by atoms with Gasteiger partial charge in [-0.1, -0.05) is 43.7 Å². The second-order valence-corrected chi connectivity index (χ2v) is 3.89. The van der Waals surface area contributed by atoms with E-state index in [2.05, 4.69) is 25.6 Å². The number of aliphatic hydroxyl groups is 1. The Morgan fingerprint density at radius 1 is 1.33 bits per heavy atom. The smallest absolute Gasteiger partial charge is 0.0824 e. The fourth-order valence-electron chi connectivity index (χ4n) is 1.58. The monoisotopic (exact) mass is 204 g/mol. The van der Waals surface area contributed by atoms with E-state index >= 15 is 0 Å². The number of aliphatic hydroxyl groups excluding tert-OH is 1. The summed E-state index contributed by atoms with van der Waals surface area (Å²) in [6.07, 6.45) is 5.55. The molecule has 1 heteroatoms. The van der Waals surface area contributed by atoms with E-state index in [1.54, 1.807) is 6.08 Å². The van der Waals surface area contributed by atoms with Crippen LogP contribution in [0.15, 0.2) is 36.9 Å². The molecule has 0 aliphatic carbocycles. The number of rotatable bonds is 6. The van der Waals surface area contributed by atoms with Gasteiger partial charge in [0.15, 0.2) is 0 Å². The van der Waals surface area contributed by atoms with Crippen LogP contribution in [0.5, 0.6) is 0 Å². The molecular weight excluding hydrogens is 184 g/mol. The lowest BCUT2D eigenvalue weighted by atomic mass is 10.0. The summed E-state index contributed by atoms with van der Waals surface area (Å²) in [5.41, 5.74) is 2.33. The Balaban J connectivity index is 2.59. The Kier molecular flexibility index (Phi) is 5.13. The quantitative estimate of drug-likeness (QED) is 0.701. The van der Waals surface area contributed by atoms with Crippen LogP contribution in [0.2, 0.25) is 0 Å². The summed E-state index contributed by atoms with van der Waals surface area (Å²) in [5.74, 6) is 0. The van der Waals surface area contributed by atoms with Crippen LogP contribution in [0.1, 0.15) is 43.4 Å². The van der Waals surface area contributed by atoms with Gasteiger partial charge in [0, 0.05) is 0 Å². The van der Waals surface area contributed by atoms with Crippen LogP contribution in [-0.2, 0) is 6.42 Å². The molecule has 0 heterocycles. The molecule has 0 saturated heterocycles. The number of hydrogen-bond acceptors (Lipinski definition) is 1. The Hall–Kier alpha value is -1.08. The highest BCUT2D eigenvalue weighted by Gasteiger charge is 2.04. The molecule has 1 aromatic rings. The van der Waals surface area contributed by atoms with E-state index in [0.717, 1.165) is 12.0 Å². The van der Waals surface area contributed by atoms with Crippen molar-refractivity contribution < 1.29 is 5.11 Å². The Labute approximate surface area is 92.5 Å². The molecule has 1 aromatic carbocycles. The largest absolute Gasteiger partial charge is 0.388 e. The lowest BCUT2D eigenvalue weighted by Gasteiger charge is -2.09. The molecule has 0 aliphatic heterocycles. The topological polar surface area (TPSA) is 20.2 Å². The minimum Gasteiger partial charge on any atom is -0.388 e. The first-order valence-corrected chi connectivity index (χ1v) is 5.65. The van der Waals surface area contributed by atoms with Crippen molar-refractivity contribution in [2.24, 2.45) is 0 Å². The van der Waals surface area contributed by atoms with Gasteiger partial charge in [-0.25, -0.2) is 0 Å². The maximum Gasteiger partial charge on any atom is 0.0824 e. The van der Waals surface area contributed by atoms with Gasteiger partial charge in [-0.15, -0.1) is 6.58 Å². The highest BCUT2D eigenvalue weighted by Crippen LogP contribution is 2.17. The maximum absolute atomic E-state index is 9.72. The van der Waals surface area contributed by atoms with Crippen LogP contribution in [0.25, 0.3) is 0 Å².